The van der Waals surface area contributed by atoms with Gasteiger partial charge in [-0.1, -0.05) is 25.4 Å². The van der Waals surface area contributed by atoms with E-state index >= 15 is 0 Å². The molecule has 2 nitrogen and oxygen atoms in total. The highest BCUT2D eigenvalue weighted by Crippen LogP contribution is 2.13. The fraction of sp³-hybridized carbons (Fsp3) is 0.545. The highest BCUT2D eigenvalue weighted by atomic mass is 35.5. The summed E-state index contributed by atoms with van der Waals surface area (Å²) in [6.45, 7) is 5.21. The maximum absolute atomic E-state index is 5.99. The van der Waals surface area contributed by atoms with Crippen molar-refractivity contribution in [3.8, 4) is 0 Å². The Morgan fingerprint density at radius 1 is 1.43 bits per heavy atom. The third-order valence-electron chi connectivity index (χ3n) is 2.42. The number of rotatable bonds is 5. The number of nitrogens with one attached hydrogen (secondary N) is 1. The minimum atomic E-state index is 0.583. The molecule has 0 aromatic carbocycles. The summed E-state index contributed by atoms with van der Waals surface area (Å²) in [5.74, 6) is 0. The standard InChI is InChI=1S/C11H17ClN2/c1-3-10(4-2)14-7-9-5-6-13-8-11(9)12/h5-6,8,10,14H,3-4,7H2,1-2H3. The number of aromatic nitrogens is 1. The lowest BCUT2D eigenvalue weighted by Gasteiger charge is -2.14. The molecule has 0 saturated heterocycles. The molecule has 0 amide bonds. The van der Waals surface area contributed by atoms with E-state index in [1.54, 1.807) is 12.4 Å². The molecule has 14 heavy (non-hydrogen) atoms. The van der Waals surface area contributed by atoms with Gasteiger partial charge in [-0.05, 0) is 24.5 Å². The van der Waals surface area contributed by atoms with Crippen LogP contribution in [0, 0.1) is 0 Å². The Kier molecular flexibility index (Phi) is 4.91. The van der Waals surface area contributed by atoms with Crippen LogP contribution in [0.2, 0.25) is 5.02 Å². The van der Waals surface area contributed by atoms with Crippen molar-refractivity contribution in [1.82, 2.24) is 10.3 Å². The van der Waals surface area contributed by atoms with Gasteiger partial charge in [0, 0.05) is 25.0 Å². The number of halogens is 1. The van der Waals surface area contributed by atoms with Gasteiger partial charge in [-0.25, -0.2) is 0 Å². The zero-order valence-electron chi connectivity index (χ0n) is 8.76. The molecule has 3 heteroatoms. The lowest BCUT2D eigenvalue weighted by atomic mass is 10.1. The fourth-order valence-electron chi connectivity index (χ4n) is 1.38. The summed E-state index contributed by atoms with van der Waals surface area (Å²) in [7, 11) is 0. The number of hydrogen-bond acceptors (Lipinski definition) is 2. The Labute approximate surface area is 90.7 Å². The van der Waals surface area contributed by atoms with Gasteiger partial charge in [-0.15, -0.1) is 0 Å². The largest absolute Gasteiger partial charge is 0.310 e. The van der Waals surface area contributed by atoms with Crippen molar-refractivity contribution in [1.29, 1.82) is 0 Å². The molecule has 1 aromatic rings. The Morgan fingerprint density at radius 2 is 2.14 bits per heavy atom. The van der Waals surface area contributed by atoms with Gasteiger partial charge in [-0.3, -0.25) is 4.98 Å². The molecule has 1 rings (SSSR count). The Hall–Kier alpha value is -0.600. The maximum Gasteiger partial charge on any atom is 0.0634 e. The second-order valence-electron chi connectivity index (χ2n) is 3.36. The van der Waals surface area contributed by atoms with Crippen LogP contribution in [0.3, 0.4) is 0 Å². The van der Waals surface area contributed by atoms with Crippen LogP contribution >= 0.6 is 11.6 Å². The quantitative estimate of drug-likeness (QED) is 0.812. The zero-order valence-corrected chi connectivity index (χ0v) is 9.51. The Morgan fingerprint density at radius 3 is 2.71 bits per heavy atom. The molecular weight excluding hydrogens is 196 g/mol. The van der Waals surface area contributed by atoms with Gasteiger partial charge in [0.2, 0.25) is 0 Å². The first-order valence-corrected chi connectivity index (χ1v) is 5.47. The van der Waals surface area contributed by atoms with Crippen LogP contribution < -0.4 is 5.32 Å². The summed E-state index contributed by atoms with van der Waals surface area (Å²) in [6, 6.07) is 2.54. The highest BCUT2D eigenvalue weighted by Gasteiger charge is 2.04. The molecule has 1 aromatic heterocycles. The van der Waals surface area contributed by atoms with Gasteiger partial charge in [0.1, 0.15) is 0 Å². The summed E-state index contributed by atoms with van der Waals surface area (Å²) in [6.07, 6.45) is 5.76. The van der Waals surface area contributed by atoms with Crippen molar-refractivity contribution in [2.45, 2.75) is 39.3 Å². The summed E-state index contributed by atoms with van der Waals surface area (Å²) < 4.78 is 0. The second-order valence-corrected chi connectivity index (χ2v) is 3.77. The Balaban J connectivity index is 2.49. The first-order chi connectivity index (χ1) is 6.77. The molecule has 0 fully saturated rings. The van der Waals surface area contributed by atoms with E-state index in [0.29, 0.717) is 6.04 Å². The van der Waals surface area contributed by atoms with Crippen molar-refractivity contribution in [3.63, 3.8) is 0 Å². The summed E-state index contributed by atoms with van der Waals surface area (Å²) in [5, 5.41) is 4.21. The summed E-state index contributed by atoms with van der Waals surface area (Å²) in [5.41, 5.74) is 1.12. The molecule has 0 bridgehead atoms. The molecule has 0 radical (unpaired) electrons. The van der Waals surface area contributed by atoms with Crippen LogP contribution in [-0.2, 0) is 6.54 Å². The molecule has 0 aliphatic rings. The highest BCUT2D eigenvalue weighted by molar-refractivity contribution is 6.31. The maximum atomic E-state index is 5.99. The first kappa shape index (κ1) is 11.5. The van der Waals surface area contributed by atoms with Crippen molar-refractivity contribution in [2.24, 2.45) is 0 Å². The van der Waals surface area contributed by atoms with E-state index in [4.69, 9.17) is 11.6 Å². The first-order valence-electron chi connectivity index (χ1n) is 5.09. The van der Waals surface area contributed by atoms with E-state index in [1.807, 2.05) is 6.07 Å². The van der Waals surface area contributed by atoms with E-state index in [9.17, 15) is 0 Å². The molecule has 78 valence electrons. The fourth-order valence-corrected chi connectivity index (χ4v) is 1.57. The van der Waals surface area contributed by atoms with Gasteiger partial charge in [0.15, 0.2) is 0 Å². The van der Waals surface area contributed by atoms with Crippen LogP contribution in [0.4, 0.5) is 0 Å². The van der Waals surface area contributed by atoms with E-state index < -0.39 is 0 Å². The second kappa shape index (κ2) is 5.99. The van der Waals surface area contributed by atoms with Crippen molar-refractivity contribution < 1.29 is 0 Å². The molecule has 1 N–H and O–H groups in total. The van der Waals surface area contributed by atoms with Crippen LogP contribution in [0.1, 0.15) is 32.3 Å². The molecule has 0 atom stereocenters. The van der Waals surface area contributed by atoms with Gasteiger partial charge in [0.05, 0.1) is 5.02 Å². The molecule has 0 spiro atoms. The SMILES string of the molecule is CCC(CC)NCc1ccncc1Cl. The lowest BCUT2D eigenvalue weighted by molar-refractivity contribution is 0.484. The minimum absolute atomic E-state index is 0.583. The monoisotopic (exact) mass is 212 g/mol. The predicted molar refractivity (Wildman–Crippen MR) is 60.5 cm³/mol. The summed E-state index contributed by atoms with van der Waals surface area (Å²) in [4.78, 5) is 3.95. The minimum Gasteiger partial charge on any atom is -0.310 e. The van der Waals surface area contributed by atoms with Gasteiger partial charge >= 0.3 is 0 Å². The van der Waals surface area contributed by atoms with Gasteiger partial charge < -0.3 is 5.32 Å². The van der Waals surface area contributed by atoms with Crippen LogP contribution in [0.5, 0.6) is 0 Å². The number of pyridine rings is 1. The van der Waals surface area contributed by atoms with E-state index in [1.165, 1.54) is 0 Å². The predicted octanol–water partition coefficient (Wildman–Crippen LogP) is 3.01. The third kappa shape index (κ3) is 3.28. The average molecular weight is 213 g/mol. The van der Waals surface area contributed by atoms with Crippen molar-refractivity contribution in [3.05, 3.63) is 29.0 Å². The van der Waals surface area contributed by atoms with E-state index in [-0.39, 0.29) is 0 Å². The van der Waals surface area contributed by atoms with Crippen LogP contribution in [0.25, 0.3) is 0 Å². The van der Waals surface area contributed by atoms with Crippen molar-refractivity contribution in [2.75, 3.05) is 0 Å². The van der Waals surface area contributed by atoms with Crippen LogP contribution in [-0.4, -0.2) is 11.0 Å². The van der Waals surface area contributed by atoms with E-state index in [2.05, 4.69) is 24.1 Å². The zero-order chi connectivity index (χ0) is 10.4. The molecule has 0 saturated carbocycles. The molecule has 0 aliphatic heterocycles. The number of nitrogens with zero attached hydrogens (tertiary/aromatic N) is 1. The number of hydrogen-bond donors (Lipinski definition) is 1. The van der Waals surface area contributed by atoms with Gasteiger partial charge in [0.25, 0.3) is 0 Å². The third-order valence-corrected chi connectivity index (χ3v) is 2.76. The molecule has 1 heterocycles. The topological polar surface area (TPSA) is 24.9 Å². The molecular formula is C11H17ClN2. The van der Waals surface area contributed by atoms with Gasteiger partial charge in [-0.2, -0.15) is 0 Å². The van der Waals surface area contributed by atoms with E-state index in [0.717, 1.165) is 30.0 Å². The lowest BCUT2D eigenvalue weighted by Crippen LogP contribution is -2.27. The summed E-state index contributed by atoms with van der Waals surface area (Å²) >= 11 is 5.99. The smallest absolute Gasteiger partial charge is 0.0634 e. The normalized spacial score (nSPS) is 10.9. The molecule has 0 aliphatic carbocycles. The average Bonchev–Trinajstić information content (AvgIpc) is 2.22. The van der Waals surface area contributed by atoms with Crippen LogP contribution in [0.15, 0.2) is 18.5 Å². The van der Waals surface area contributed by atoms with Crippen molar-refractivity contribution >= 4 is 11.6 Å². The molecule has 0 unspecified atom stereocenters. The Bertz CT molecular complexity index is 272.